The number of pyridine rings is 1. The molecule has 1 heterocycles. The zero-order valence-corrected chi connectivity index (χ0v) is 16.5. The van der Waals surface area contributed by atoms with Crippen LogP contribution >= 0.6 is 15.9 Å². The fourth-order valence-corrected chi connectivity index (χ4v) is 2.97. The van der Waals surface area contributed by atoms with Gasteiger partial charge in [-0.15, -0.1) is 0 Å². The molecule has 0 aliphatic rings. The van der Waals surface area contributed by atoms with Crippen molar-refractivity contribution in [2.75, 3.05) is 26.1 Å². The van der Waals surface area contributed by atoms with Crippen molar-refractivity contribution >= 4 is 27.7 Å². The number of anilines is 1. The van der Waals surface area contributed by atoms with E-state index in [0.717, 1.165) is 0 Å². The highest BCUT2D eigenvalue weighted by molar-refractivity contribution is 9.10. The molecule has 0 unspecified atom stereocenters. The molecule has 10 heteroatoms. The van der Waals surface area contributed by atoms with Crippen molar-refractivity contribution in [2.45, 2.75) is 6.92 Å². The van der Waals surface area contributed by atoms with Crippen LogP contribution in [0.25, 0.3) is 11.1 Å². The number of rotatable bonds is 6. The van der Waals surface area contributed by atoms with Gasteiger partial charge in [-0.2, -0.15) is 10.5 Å². The second-order valence-electron chi connectivity index (χ2n) is 5.29. The molecule has 2 rings (SSSR count). The van der Waals surface area contributed by atoms with Gasteiger partial charge in [0.2, 0.25) is 0 Å². The van der Waals surface area contributed by atoms with E-state index < -0.39 is 11.5 Å². The van der Waals surface area contributed by atoms with Gasteiger partial charge in [-0.1, -0.05) is 15.9 Å². The monoisotopic (exact) mass is 446 g/mol. The Kier molecular flexibility index (Phi) is 6.64. The molecule has 0 atom stereocenters. The van der Waals surface area contributed by atoms with Crippen LogP contribution in [0, 0.1) is 22.7 Å². The number of esters is 1. The number of benzene rings is 1. The lowest BCUT2D eigenvalue weighted by Gasteiger charge is -2.15. The number of ether oxygens (including phenoxy) is 3. The minimum atomic E-state index is -0.720. The maximum atomic E-state index is 12.1. The van der Waals surface area contributed by atoms with E-state index in [9.17, 15) is 20.1 Å². The Balaban J connectivity index is 2.64. The van der Waals surface area contributed by atoms with Crippen molar-refractivity contribution < 1.29 is 19.0 Å². The number of carbonyl (C=O) groups excluding carboxylic acids is 1. The van der Waals surface area contributed by atoms with E-state index in [1.54, 1.807) is 13.0 Å². The minimum absolute atomic E-state index is 0.0564. The van der Waals surface area contributed by atoms with E-state index in [0.29, 0.717) is 10.0 Å². The normalized spacial score (nSPS) is 9.89. The molecular formula is C18H15BrN4O5. The molecule has 2 aromatic rings. The number of aromatic amines is 1. The predicted molar refractivity (Wildman–Crippen MR) is 103 cm³/mol. The van der Waals surface area contributed by atoms with Gasteiger partial charge in [-0.3, -0.25) is 4.79 Å². The number of hydrogen-bond acceptors (Lipinski definition) is 8. The number of nitrogen functional groups attached to an aromatic ring is 1. The number of hydrogen-bond donors (Lipinski definition) is 2. The van der Waals surface area contributed by atoms with Crippen LogP contribution in [-0.2, 0) is 9.53 Å². The molecule has 28 heavy (non-hydrogen) atoms. The molecule has 144 valence electrons. The van der Waals surface area contributed by atoms with Gasteiger partial charge in [-0.25, -0.2) is 4.79 Å². The average molecular weight is 447 g/mol. The Labute approximate surface area is 168 Å². The van der Waals surface area contributed by atoms with Crippen LogP contribution in [0.3, 0.4) is 0 Å². The lowest BCUT2D eigenvalue weighted by atomic mass is 9.96. The van der Waals surface area contributed by atoms with Gasteiger partial charge in [0.25, 0.3) is 5.56 Å². The topological polar surface area (TPSA) is 151 Å². The molecule has 0 saturated carbocycles. The van der Waals surface area contributed by atoms with Crippen LogP contribution in [-0.4, -0.2) is 31.3 Å². The molecule has 0 fully saturated rings. The SMILES string of the molecule is CCOC(=O)COc1cc(Br)c(-c2c(C#N)c(N)[nH]c(=O)c2C#N)cc1OC. The molecular weight excluding hydrogens is 432 g/mol. The van der Waals surface area contributed by atoms with Gasteiger partial charge in [0.15, 0.2) is 18.1 Å². The molecule has 0 bridgehead atoms. The first kappa shape index (κ1) is 20.8. The first-order chi connectivity index (χ1) is 13.4. The lowest BCUT2D eigenvalue weighted by molar-refractivity contribution is -0.145. The lowest BCUT2D eigenvalue weighted by Crippen LogP contribution is -2.16. The van der Waals surface area contributed by atoms with E-state index in [4.69, 9.17) is 19.9 Å². The number of nitriles is 2. The van der Waals surface area contributed by atoms with Gasteiger partial charge >= 0.3 is 5.97 Å². The predicted octanol–water partition coefficient (Wildman–Crippen LogP) is 2.08. The van der Waals surface area contributed by atoms with Crippen molar-refractivity contribution in [1.82, 2.24) is 4.98 Å². The second kappa shape index (κ2) is 8.93. The first-order valence-corrected chi connectivity index (χ1v) is 8.69. The van der Waals surface area contributed by atoms with Crippen molar-refractivity contribution in [2.24, 2.45) is 0 Å². The van der Waals surface area contributed by atoms with Crippen molar-refractivity contribution in [3.63, 3.8) is 0 Å². The van der Waals surface area contributed by atoms with E-state index in [1.807, 2.05) is 6.07 Å². The van der Waals surface area contributed by atoms with Crippen LogP contribution in [0.15, 0.2) is 21.4 Å². The number of nitrogens with two attached hydrogens (primary N) is 1. The van der Waals surface area contributed by atoms with Gasteiger partial charge in [-0.05, 0) is 19.1 Å². The summed E-state index contributed by atoms with van der Waals surface area (Å²) in [5, 5.41) is 18.9. The number of H-pyrrole nitrogens is 1. The van der Waals surface area contributed by atoms with Crippen LogP contribution in [0.1, 0.15) is 18.1 Å². The number of nitrogens with zero attached hydrogens (tertiary/aromatic N) is 2. The largest absolute Gasteiger partial charge is 0.493 e. The zero-order chi connectivity index (χ0) is 20.8. The Morgan fingerprint density at radius 3 is 2.50 bits per heavy atom. The van der Waals surface area contributed by atoms with Gasteiger partial charge in [0, 0.05) is 15.6 Å². The summed E-state index contributed by atoms with van der Waals surface area (Å²) in [6.45, 7) is 1.57. The third kappa shape index (κ3) is 4.08. The van der Waals surface area contributed by atoms with Crippen molar-refractivity contribution in [3.8, 4) is 34.8 Å². The maximum Gasteiger partial charge on any atom is 0.344 e. The van der Waals surface area contributed by atoms with Crippen LogP contribution in [0.5, 0.6) is 11.5 Å². The summed E-state index contributed by atoms with van der Waals surface area (Å²) in [5.41, 5.74) is 5.09. The molecule has 1 aromatic carbocycles. The first-order valence-electron chi connectivity index (χ1n) is 7.90. The molecule has 0 aliphatic carbocycles. The van der Waals surface area contributed by atoms with Gasteiger partial charge in [0.1, 0.15) is 29.1 Å². The van der Waals surface area contributed by atoms with Crippen LogP contribution in [0.4, 0.5) is 5.82 Å². The average Bonchev–Trinajstić information content (AvgIpc) is 2.66. The molecule has 0 spiro atoms. The molecule has 3 N–H and O–H groups in total. The fourth-order valence-electron chi connectivity index (χ4n) is 2.45. The summed E-state index contributed by atoms with van der Waals surface area (Å²) in [6.07, 6.45) is 0. The van der Waals surface area contributed by atoms with Gasteiger partial charge < -0.3 is 24.9 Å². The fraction of sp³-hybridized carbons (Fsp3) is 0.222. The van der Waals surface area contributed by atoms with E-state index in [1.165, 1.54) is 19.2 Å². The summed E-state index contributed by atoms with van der Waals surface area (Å²) in [4.78, 5) is 25.9. The minimum Gasteiger partial charge on any atom is -0.493 e. The number of halogens is 1. The number of methoxy groups -OCH3 is 1. The molecule has 0 amide bonds. The standard InChI is InChI=1S/C18H15BrN4O5/c1-3-27-15(24)8-28-14-5-12(19)9(4-13(14)26-2)16-10(6-20)17(22)23-18(25)11(16)7-21/h4-5H,3,8H2,1-2H3,(H3,22,23,25). The number of nitrogens with one attached hydrogen (secondary N) is 1. The maximum absolute atomic E-state index is 12.1. The number of carbonyl (C=O) groups is 1. The molecule has 1 aromatic heterocycles. The van der Waals surface area contributed by atoms with E-state index in [-0.39, 0.29) is 47.2 Å². The summed E-state index contributed by atoms with van der Waals surface area (Å²) < 4.78 is 15.9. The second-order valence-corrected chi connectivity index (χ2v) is 6.15. The third-order valence-electron chi connectivity index (χ3n) is 3.64. The molecule has 0 saturated heterocycles. The highest BCUT2D eigenvalue weighted by atomic mass is 79.9. The summed E-state index contributed by atoms with van der Waals surface area (Å²) in [6, 6.07) is 6.66. The highest BCUT2D eigenvalue weighted by Crippen LogP contribution is 2.41. The Morgan fingerprint density at radius 1 is 1.25 bits per heavy atom. The highest BCUT2D eigenvalue weighted by Gasteiger charge is 2.22. The van der Waals surface area contributed by atoms with Crippen molar-refractivity contribution in [1.29, 1.82) is 10.5 Å². The molecule has 0 aliphatic heterocycles. The van der Waals surface area contributed by atoms with E-state index >= 15 is 0 Å². The Hall–Kier alpha value is -3.50. The summed E-state index contributed by atoms with van der Waals surface area (Å²) >= 11 is 3.34. The van der Waals surface area contributed by atoms with Gasteiger partial charge in [0.05, 0.1) is 13.7 Å². The van der Waals surface area contributed by atoms with Crippen LogP contribution in [0.2, 0.25) is 0 Å². The Morgan fingerprint density at radius 2 is 1.93 bits per heavy atom. The molecule has 9 nitrogen and oxygen atoms in total. The summed E-state index contributed by atoms with van der Waals surface area (Å²) in [7, 11) is 1.38. The van der Waals surface area contributed by atoms with Crippen LogP contribution < -0.4 is 20.8 Å². The number of aromatic nitrogens is 1. The van der Waals surface area contributed by atoms with Crippen molar-refractivity contribution in [3.05, 3.63) is 38.1 Å². The smallest absolute Gasteiger partial charge is 0.344 e. The van der Waals surface area contributed by atoms with E-state index in [2.05, 4.69) is 20.9 Å². The quantitative estimate of drug-likeness (QED) is 0.639. The summed E-state index contributed by atoms with van der Waals surface area (Å²) in [5.74, 6) is -0.268. The zero-order valence-electron chi connectivity index (χ0n) is 15.0. The third-order valence-corrected chi connectivity index (χ3v) is 4.30. The molecule has 0 radical (unpaired) electrons. The Bertz CT molecular complexity index is 1070.